The molecular formula is C13H14O3. The highest BCUT2D eigenvalue weighted by molar-refractivity contribution is 5.55. The Morgan fingerprint density at radius 3 is 2.69 bits per heavy atom. The van der Waals surface area contributed by atoms with E-state index < -0.39 is 0 Å². The SMILES string of the molecule is O=CC1CC[C@H]2OC(c3ccccc3)O[C@@H]12. The molecule has 1 aromatic carbocycles. The third kappa shape index (κ3) is 1.56. The predicted octanol–water partition coefficient (Wildman–Crippen LogP) is 2.08. The number of hydrogen-bond acceptors (Lipinski definition) is 3. The number of carbonyl (C=O) groups is 1. The minimum Gasteiger partial charge on any atom is -0.342 e. The van der Waals surface area contributed by atoms with Gasteiger partial charge in [0.05, 0.1) is 12.2 Å². The molecule has 84 valence electrons. The average Bonchev–Trinajstić information content (AvgIpc) is 2.89. The highest BCUT2D eigenvalue weighted by Crippen LogP contribution is 2.41. The lowest BCUT2D eigenvalue weighted by Crippen LogP contribution is -2.22. The fourth-order valence-electron chi connectivity index (χ4n) is 2.54. The van der Waals surface area contributed by atoms with E-state index in [-0.39, 0.29) is 24.4 Å². The van der Waals surface area contributed by atoms with E-state index in [4.69, 9.17) is 9.47 Å². The summed E-state index contributed by atoms with van der Waals surface area (Å²) in [7, 11) is 0. The fraction of sp³-hybridized carbons (Fsp3) is 0.462. The van der Waals surface area contributed by atoms with Crippen molar-refractivity contribution in [3.05, 3.63) is 35.9 Å². The molecule has 16 heavy (non-hydrogen) atoms. The van der Waals surface area contributed by atoms with Crippen LogP contribution in [0.1, 0.15) is 24.7 Å². The summed E-state index contributed by atoms with van der Waals surface area (Å²) in [5.41, 5.74) is 1.03. The summed E-state index contributed by atoms with van der Waals surface area (Å²) in [6.45, 7) is 0. The number of carbonyl (C=O) groups excluding carboxylic acids is 1. The Hall–Kier alpha value is -1.19. The second-order valence-corrected chi connectivity index (χ2v) is 4.40. The van der Waals surface area contributed by atoms with Crippen molar-refractivity contribution in [2.75, 3.05) is 0 Å². The van der Waals surface area contributed by atoms with Crippen LogP contribution in [0.2, 0.25) is 0 Å². The number of ether oxygens (including phenoxy) is 2. The Balaban J connectivity index is 1.77. The Kier molecular flexibility index (Phi) is 2.50. The summed E-state index contributed by atoms with van der Waals surface area (Å²) < 4.78 is 11.6. The molecular weight excluding hydrogens is 204 g/mol. The molecule has 0 aromatic heterocycles. The highest BCUT2D eigenvalue weighted by Gasteiger charge is 2.45. The van der Waals surface area contributed by atoms with E-state index in [0.29, 0.717) is 0 Å². The third-order valence-corrected chi connectivity index (χ3v) is 3.40. The van der Waals surface area contributed by atoms with Crippen molar-refractivity contribution < 1.29 is 14.3 Å². The zero-order valence-corrected chi connectivity index (χ0v) is 8.91. The third-order valence-electron chi connectivity index (χ3n) is 3.40. The first-order valence-corrected chi connectivity index (χ1v) is 5.69. The lowest BCUT2D eigenvalue weighted by molar-refractivity contribution is -0.117. The van der Waals surface area contributed by atoms with Crippen LogP contribution in [-0.2, 0) is 14.3 Å². The molecule has 0 bridgehead atoms. The van der Waals surface area contributed by atoms with Gasteiger partial charge in [0.15, 0.2) is 6.29 Å². The normalized spacial score (nSPS) is 37.2. The van der Waals surface area contributed by atoms with Crippen molar-refractivity contribution >= 4 is 6.29 Å². The Bertz CT molecular complexity index is 376. The zero-order chi connectivity index (χ0) is 11.0. The van der Waals surface area contributed by atoms with Crippen LogP contribution >= 0.6 is 0 Å². The van der Waals surface area contributed by atoms with Gasteiger partial charge in [0.25, 0.3) is 0 Å². The average molecular weight is 218 g/mol. The van der Waals surface area contributed by atoms with Crippen LogP contribution in [0, 0.1) is 5.92 Å². The summed E-state index contributed by atoms with van der Waals surface area (Å²) in [6, 6.07) is 9.87. The van der Waals surface area contributed by atoms with Crippen LogP contribution in [0.25, 0.3) is 0 Å². The van der Waals surface area contributed by atoms with Gasteiger partial charge in [0.2, 0.25) is 0 Å². The molecule has 4 atom stereocenters. The predicted molar refractivity (Wildman–Crippen MR) is 57.7 cm³/mol. The molecule has 2 fully saturated rings. The quantitative estimate of drug-likeness (QED) is 0.713. The molecule has 1 saturated carbocycles. The minimum absolute atomic E-state index is 0.0127. The summed E-state index contributed by atoms with van der Waals surface area (Å²) in [6.07, 6.45) is 2.58. The first-order valence-electron chi connectivity index (χ1n) is 5.69. The van der Waals surface area contributed by atoms with Crippen molar-refractivity contribution in [1.82, 2.24) is 0 Å². The number of hydrogen-bond donors (Lipinski definition) is 0. The summed E-state index contributed by atoms with van der Waals surface area (Å²) in [4.78, 5) is 10.9. The van der Waals surface area contributed by atoms with Crippen LogP contribution in [0.5, 0.6) is 0 Å². The maximum Gasteiger partial charge on any atom is 0.184 e. The molecule has 1 aliphatic carbocycles. The Morgan fingerprint density at radius 2 is 1.94 bits per heavy atom. The van der Waals surface area contributed by atoms with Gasteiger partial charge in [-0.3, -0.25) is 0 Å². The van der Waals surface area contributed by atoms with Gasteiger partial charge in [-0.15, -0.1) is 0 Å². The Morgan fingerprint density at radius 1 is 1.12 bits per heavy atom. The topological polar surface area (TPSA) is 35.5 Å². The molecule has 2 unspecified atom stereocenters. The summed E-state index contributed by atoms with van der Waals surface area (Å²) in [5, 5.41) is 0. The molecule has 2 aliphatic rings. The summed E-state index contributed by atoms with van der Waals surface area (Å²) >= 11 is 0. The molecule has 0 amide bonds. The van der Waals surface area contributed by atoms with Crippen LogP contribution in [-0.4, -0.2) is 18.5 Å². The monoisotopic (exact) mass is 218 g/mol. The summed E-state index contributed by atoms with van der Waals surface area (Å²) in [5.74, 6) is 0.0127. The molecule has 1 saturated heterocycles. The van der Waals surface area contributed by atoms with Gasteiger partial charge in [-0.2, -0.15) is 0 Å². The molecule has 0 N–H and O–H groups in total. The van der Waals surface area contributed by atoms with E-state index in [1.807, 2.05) is 30.3 Å². The molecule has 0 radical (unpaired) electrons. The fourth-order valence-corrected chi connectivity index (χ4v) is 2.54. The number of aldehydes is 1. The zero-order valence-electron chi connectivity index (χ0n) is 8.91. The smallest absolute Gasteiger partial charge is 0.184 e. The van der Waals surface area contributed by atoms with Gasteiger partial charge in [0.1, 0.15) is 6.29 Å². The van der Waals surface area contributed by atoms with E-state index in [0.717, 1.165) is 24.7 Å². The van der Waals surface area contributed by atoms with Gasteiger partial charge in [0, 0.05) is 11.5 Å². The molecule has 1 aromatic rings. The van der Waals surface area contributed by atoms with Crippen LogP contribution in [0.4, 0.5) is 0 Å². The van der Waals surface area contributed by atoms with Crippen molar-refractivity contribution in [3.8, 4) is 0 Å². The van der Waals surface area contributed by atoms with E-state index in [1.165, 1.54) is 0 Å². The van der Waals surface area contributed by atoms with Gasteiger partial charge >= 0.3 is 0 Å². The standard InChI is InChI=1S/C13H14O3/c14-8-10-6-7-11-12(10)16-13(15-11)9-4-2-1-3-5-9/h1-5,8,10-13H,6-7H2/t10?,11-,12+,13?/m1/s1. The number of fused-ring (bicyclic) bond motifs is 1. The maximum absolute atomic E-state index is 10.9. The largest absolute Gasteiger partial charge is 0.342 e. The molecule has 3 nitrogen and oxygen atoms in total. The number of rotatable bonds is 2. The molecule has 0 spiro atoms. The van der Waals surface area contributed by atoms with E-state index in [1.54, 1.807) is 0 Å². The van der Waals surface area contributed by atoms with Crippen LogP contribution in [0.15, 0.2) is 30.3 Å². The first kappa shape index (κ1) is 10.00. The van der Waals surface area contributed by atoms with E-state index in [9.17, 15) is 4.79 Å². The maximum atomic E-state index is 10.9. The van der Waals surface area contributed by atoms with Gasteiger partial charge in [-0.25, -0.2) is 0 Å². The molecule has 1 aliphatic heterocycles. The second-order valence-electron chi connectivity index (χ2n) is 4.40. The van der Waals surface area contributed by atoms with Gasteiger partial charge in [-0.1, -0.05) is 30.3 Å². The van der Waals surface area contributed by atoms with Gasteiger partial charge in [-0.05, 0) is 12.8 Å². The van der Waals surface area contributed by atoms with Crippen molar-refractivity contribution in [2.24, 2.45) is 5.92 Å². The van der Waals surface area contributed by atoms with Crippen molar-refractivity contribution in [3.63, 3.8) is 0 Å². The first-order chi connectivity index (χ1) is 7.88. The molecule has 3 heteroatoms. The van der Waals surface area contributed by atoms with Crippen molar-refractivity contribution in [1.29, 1.82) is 0 Å². The highest BCUT2D eigenvalue weighted by atomic mass is 16.7. The molecule has 3 rings (SSSR count). The van der Waals surface area contributed by atoms with E-state index in [2.05, 4.69) is 0 Å². The second kappa shape index (κ2) is 4.00. The van der Waals surface area contributed by atoms with Crippen molar-refractivity contribution in [2.45, 2.75) is 31.3 Å². The minimum atomic E-state index is -0.293. The lowest BCUT2D eigenvalue weighted by atomic mass is 10.1. The lowest BCUT2D eigenvalue weighted by Gasteiger charge is -2.13. The van der Waals surface area contributed by atoms with Gasteiger partial charge < -0.3 is 14.3 Å². The molecule has 1 heterocycles. The van der Waals surface area contributed by atoms with Crippen LogP contribution in [0.3, 0.4) is 0 Å². The Labute approximate surface area is 94.4 Å². The van der Waals surface area contributed by atoms with E-state index >= 15 is 0 Å². The number of benzene rings is 1. The van der Waals surface area contributed by atoms with Crippen LogP contribution < -0.4 is 0 Å².